The highest BCUT2D eigenvalue weighted by atomic mass is 16.3. The summed E-state index contributed by atoms with van der Waals surface area (Å²) in [6.07, 6.45) is 5.10. The lowest BCUT2D eigenvalue weighted by Gasteiger charge is -2.46. The Hall–Kier alpha value is -0.0400. The van der Waals surface area contributed by atoms with Crippen LogP contribution < -0.4 is 0 Å². The molecule has 1 N–H and O–H groups in total. The van der Waals surface area contributed by atoms with Crippen molar-refractivity contribution in [2.45, 2.75) is 39.5 Å². The van der Waals surface area contributed by atoms with Crippen LogP contribution in [-0.4, -0.2) is 11.7 Å². The van der Waals surface area contributed by atoms with Gasteiger partial charge in [0.15, 0.2) is 0 Å². The first-order valence-electron chi connectivity index (χ1n) is 4.37. The van der Waals surface area contributed by atoms with Crippen LogP contribution in [0.1, 0.15) is 39.5 Å². The van der Waals surface area contributed by atoms with Gasteiger partial charge in [-0.15, -0.1) is 0 Å². The minimum Gasteiger partial charge on any atom is -0.396 e. The second-order valence-electron chi connectivity index (χ2n) is 3.66. The molecule has 1 rings (SSSR count). The molecule has 1 nitrogen and oxygen atoms in total. The van der Waals surface area contributed by atoms with Gasteiger partial charge in [0.2, 0.25) is 0 Å². The van der Waals surface area contributed by atoms with Crippen molar-refractivity contribution in [3.63, 3.8) is 0 Å². The summed E-state index contributed by atoms with van der Waals surface area (Å²) >= 11 is 0. The molecule has 0 spiro atoms. The first kappa shape index (κ1) is 8.06. The van der Waals surface area contributed by atoms with Crippen molar-refractivity contribution >= 4 is 0 Å². The Balaban J connectivity index is 2.31. The molecule has 0 aromatic heterocycles. The average molecular weight is 142 g/mol. The first-order chi connectivity index (χ1) is 4.76. The maximum atomic E-state index is 8.81. The van der Waals surface area contributed by atoms with Crippen molar-refractivity contribution in [3.05, 3.63) is 0 Å². The predicted molar refractivity (Wildman–Crippen MR) is 42.8 cm³/mol. The fraction of sp³-hybridized carbons (Fsp3) is 1.00. The van der Waals surface area contributed by atoms with E-state index in [2.05, 4.69) is 13.8 Å². The van der Waals surface area contributed by atoms with E-state index in [1.807, 2.05) is 0 Å². The summed E-state index contributed by atoms with van der Waals surface area (Å²) in [6.45, 7) is 4.93. The number of rotatable bonds is 3. The van der Waals surface area contributed by atoms with Crippen LogP contribution in [-0.2, 0) is 0 Å². The molecular formula is C9H18O. The van der Waals surface area contributed by atoms with Crippen molar-refractivity contribution in [1.29, 1.82) is 0 Å². The van der Waals surface area contributed by atoms with E-state index in [9.17, 15) is 0 Å². The molecule has 60 valence electrons. The monoisotopic (exact) mass is 142 g/mol. The topological polar surface area (TPSA) is 20.2 Å². The number of hydrogen-bond donors (Lipinski definition) is 1. The SMILES string of the molecule is CCC1(CC)CC(CO)C1. The van der Waals surface area contributed by atoms with E-state index >= 15 is 0 Å². The van der Waals surface area contributed by atoms with Gasteiger partial charge in [0.25, 0.3) is 0 Å². The largest absolute Gasteiger partial charge is 0.396 e. The Kier molecular flexibility index (Phi) is 2.35. The normalized spacial score (nSPS) is 24.3. The van der Waals surface area contributed by atoms with Crippen molar-refractivity contribution in [2.24, 2.45) is 11.3 Å². The number of aliphatic hydroxyl groups is 1. The molecule has 10 heavy (non-hydrogen) atoms. The van der Waals surface area contributed by atoms with Crippen molar-refractivity contribution in [3.8, 4) is 0 Å². The maximum absolute atomic E-state index is 8.81. The van der Waals surface area contributed by atoms with Gasteiger partial charge in [-0.1, -0.05) is 26.7 Å². The van der Waals surface area contributed by atoms with E-state index in [1.54, 1.807) is 0 Å². The molecule has 1 fully saturated rings. The average Bonchev–Trinajstić information content (AvgIpc) is 1.89. The Labute approximate surface area is 63.4 Å². The Morgan fingerprint density at radius 3 is 2.10 bits per heavy atom. The first-order valence-corrected chi connectivity index (χ1v) is 4.37. The van der Waals surface area contributed by atoms with Gasteiger partial charge in [-0.3, -0.25) is 0 Å². The minimum atomic E-state index is 0.405. The smallest absolute Gasteiger partial charge is 0.0459 e. The van der Waals surface area contributed by atoms with Crippen molar-refractivity contribution in [1.82, 2.24) is 0 Å². The molecule has 0 aromatic carbocycles. The predicted octanol–water partition coefficient (Wildman–Crippen LogP) is 2.20. The molecule has 0 heterocycles. The van der Waals surface area contributed by atoms with Crippen LogP contribution in [0.25, 0.3) is 0 Å². The van der Waals surface area contributed by atoms with Gasteiger partial charge in [-0.05, 0) is 24.2 Å². The van der Waals surface area contributed by atoms with Crippen LogP contribution in [0.4, 0.5) is 0 Å². The summed E-state index contributed by atoms with van der Waals surface area (Å²) in [5, 5.41) is 8.81. The standard InChI is InChI=1S/C9H18O/c1-3-9(4-2)5-8(6-9)7-10/h8,10H,3-7H2,1-2H3. The van der Waals surface area contributed by atoms with Gasteiger partial charge >= 0.3 is 0 Å². The van der Waals surface area contributed by atoms with Crippen LogP contribution in [0.15, 0.2) is 0 Å². The summed E-state index contributed by atoms with van der Waals surface area (Å²) in [4.78, 5) is 0. The van der Waals surface area contributed by atoms with Crippen LogP contribution >= 0.6 is 0 Å². The van der Waals surface area contributed by atoms with Gasteiger partial charge in [0.05, 0.1) is 0 Å². The highest BCUT2D eigenvalue weighted by Crippen LogP contribution is 2.50. The Morgan fingerprint density at radius 1 is 1.30 bits per heavy atom. The van der Waals surface area contributed by atoms with E-state index in [-0.39, 0.29) is 0 Å². The molecule has 0 aliphatic heterocycles. The second kappa shape index (κ2) is 2.91. The summed E-state index contributed by atoms with van der Waals surface area (Å²) in [6, 6.07) is 0. The third-order valence-electron chi connectivity index (χ3n) is 3.20. The molecule has 0 radical (unpaired) electrons. The molecule has 0 aromatic rings. The number of aliphatic hydroxyl groups excluding tert-OH is 1. The lowest BCUT2D eigenvalue weighted by molar-refractivity contribution is 0.00994. The molecule has 0 unspecified atom stereocenters. The van der Waals surface area contributed by atoms with Crippen molar-refractivity contribution in [2.75, 3.05) is 6.61 Å². The quantitative estimate of drug-likeness (QED) is 0.640. The molecule has 1 saturated carbocycles. The Morgan fingerprint density at radius 2 is 1.80 bits per heavy atom. The van der Waals surface area contributed by atoms with Crippen LogP contribution in [0.3, 0.4) is 0 Å². The third-order valence-corrected chi connectivity index (χ3v) is 3.20. The van der Waals surface area contributed by atoms with Crippen LogP contribution in [0.2, 0.25) is 0 Å². The Bertz CT molecular complexity index is 97.3. The maximum Gasteiger partial charge on any atom is 0.0459 e. The summed E-state index contributed by atoms with van der Waals surface area (Å²) in [5.74, 6) is 0.625. The zero-order chi connectivity index (χ0) is 7.61. The molecule has 0 saturated heterocycles. The lowest BCUT2D eigenvalue weighted by Crippen LogP contribution is -2.37. The molecular weight excluding hydrogens is 124 g/mol. The molecule has 0 bridgehead atoms. The lowest BCUT2D eigenvalue weighted by atomic mass is 9.59. The summed E-state index contributed by atoms with van der Waals surface area (Å²) in [5.41, 5.74) is 0.618. The van der Waals surface area contributed by atoms with Gasteiger partial charge in [-0.25, -0.2) is 0 Å². The fourth-order valence-electron chi connectivity index (χ4n) is 2.12. The van der Waals surface area contributed by atoms with Crippen molar-refractivity contribution < 1.29 is 5.11 Å². The third kappa shape index (κ3) is 1.20. The second-order valence-corrected chi connectivity index (χ2v) is 3.66. The van der Waals surface area contributed by atoms with Crippen LogP contribution in [0, 0.1) is 11.3 Å². The molecule has 1 aliphatic carbocycles. The van der Waals surface area contributed by atoms with Crippen LogP contribution in [0.5, 0.6) is 0 Å². The van der Waals surface area contributed by atoms with Gasteiger partial charge in [0, 0.05) is 6.61 Å². The molecule has 1 heteroatoms. The zero-order valence-electron chi connectivity index (χ0n) is 7.06. The van der Waals surface area contributed by atoms with Gasteiger partial charge in [-0.2, -0.15) is 0 Å². The van der Waals surface area contributed by atoms with E-state index in [0.717, 1.165) is 0 Å². The fourth-order valence-corrected chi connectivity index (χ4v) is 2.12. The molecule has 1 aliphatic rings. The van der Waals surface area contributed by atoms with E-state index in [4.69, 9.17) is 5.11 Å². The highest BCUT2D eigenvalue weighted by Gasteiger charge is 2.40. The zero-order valence-corrected chi connectivity index (χ0v) is 7.06. The number of hydrogen-bond acceptors (Lipinski definition) is 1. The van der Waals surface area contributed by atoms with E-state index in [0.29, 0.717) is 17.9 Å². The molecule has 0 atom stereocenters. The van der Waals surface area contributed by atoms with E-state index < -0.39 is 0 Å². The van der Waals surface area contributed by atoms with Gasteiger partial charge in [0.1, 0.15) is 0 Å². The summed E-state index contributed by atoms with van der Waals surface area (Å²) < 4.78 is 0. The highest BCUT2D eigenvalue weighted by molar-refractivity contribution is 4.91. The minimum absolute atomic E-state index is 0.405. The van der Waals surface area contributed by atoms with E-state index in [1.165, 1.54) is 25.7 Å². The molecule has 0 amide bonds. The summed E-state index contributed by atoms with van der Waals surface area (Å²) in [7, 11) is 0. The van der Waals surface area contributed by atoms with Gasteiger partial charge < -0.3 is 5.11 Å².